The molecular weight excluding hydrogens is 337 g/mol. The van der Waals surface area contributed by atoms with E-state index in [4.69, 9.17) is 9.52 Å². The molecule has 6 nitrogen and oxygen atoms in total. The van der Waals surface area contributed by atoms with Crippen LogP contribution in [0.2, 0.25) is 0 Å². The highest BCUT2D eigenvalue weighted by Crippen LogP contribution is 2.33. The number of aromatic nitrogens is 1. The van der Waals surface area contributed by atoms with Crippen LogP contribution in [0.25, 0.3) is 0 Å². The summed E-state index contributed by atoms with van der Waals surface area (Å²) in [4.78, 5) is 2.13. The van der Waals surface area contributed by atoms with E-state index in [1.54, 1.807) is 0 Å². The second-order valence-corrected chi connectivity index (χ2v) is 6.23. The van der Waals surface area contributed by atoms with Crippen molar-refractivity contribution in [2.24, 2.45) is 0 Å². The summed E-state index contributed by atoms with van der Waals surface area (Å²) in [6.45, 7) is -0.382. The Bertz CT molecular complexity index is 745. The maximum atomic E-state index is 12.9. The van der Waals surface area contributed by atoms with Gasteiger partial charge in [-0.2, -0.15) is 13.2 Å². The highest BCUT2D eigenvalue weighted by atomic mass is 32.2. The average Bonchev–Trinajstić information content (AvgIpc) is 3.00. The molecule has 0 aliphatic rings. The number of nitrogens with zero attached hydrogens (tertiary/aromatic N) is 1. The first kappa shape index (κ1) is 17.4. The van der Waals surface area contributed by atoms with Crippen LogP contribution in [0.1, 0.15) is 23.9 Å². The van der Waals surface area contributed by atoms with Gasteiger partial charge in [0.1, 0.15) is 10.7 Å². The van der Waals surface area contributed by atoms with E-state index in [1.807, 2.05) is 0 Å². The van der Waals surface area contributed by atoms with Gasteiger partial charge in [-0.3, -0.25) is 4.98 Å². The van der Waals surface area contributed by atoms with E-state index in [2.05, 4.69) is 9.71 Å². The lowest BCUT2D eigenvalue weighted by Gasteiger charge is -2.17. The smallest absolute Gasteiger partial charge is 0.434 e. The van der Waals surface area contributed by atoms with Gasteiger partial charge in [-0.15, -0.1) is 0 Å². The topological polar surface area (TPSA) is 92.4 Å². The van der Waals surface area contributed by atoms with Gasteiger partial charge in [0.05, 0.1) is 12.3 Å². The summed E-state index contributed by atoms with van der Waals surface area (Å²) < 4.78 is 70.5. The zero-order chi connectivity index (χ0) is 17.1. The van der Waals surface area contributed by atoms with Crippen molar-refractivity contribution in [2.75, 3.05) is 6.61 Å². The number of rotatable bonds is 6. The average molecular weight is 350 g/mol. The number of hydrogen-bond donors (Lipinski definition) is 2. The Kier molecular flexibility index (Phi) is 5.07. The Labute approximate surface area is 130 Å². The van der Waals surface area contributed by atoms with Crippen LogP contribution in [0.4, 0.5) is 13.2 Å². The van der Waals surface area contributed by atoms with Crippen molar-refractivity contribution in [3.63, 3.8) is 0 Å². The van der Waals surface area contributed by atoms with Gasteiger partial charge >= 0.3 is 6.18 Å². The molecular formula is C13H13F3N2O4S. The minimum Gasteiger partial charge on any atom is -0.468 e. The summed E-state index contributed by atoms with van der Waals surface area (Å²) in [5.41, 5.74) is -1.50. The number of hydrogen-bond acceptors (Lipinski definition) is 5. The van der Waals surface area contributed by atoms with Crippen LogP contribution in [0.15, 0.2) is 46.0 Å². The van der Waals surface area contributed by atoms with E-state index in [-0.39, 0.29) is 18.8 Å². The van der Waals surface area contributed by atoms with Crippen LogP contribution in [0, 0.1) is 0 Å². The number of pyridine rings is 1. The Hall–Kier alpha value is -1.91. The molecule has 0 bridgehead atoms. The summed E-state index contributed by atoms with van der Waals surface area (Å²) in [6.07, 6.45) is -2.82. The van der Waals surface area contributed by atoms with Crippen molar-refractivity contribution in [1.82, 2.24) is 9.71 Å². The molecule has 2 aromatic heterocycles. The number of nitrogens with one attached hydrogen (secondary N) is 1. The van der Waals surface area contributed by atoms with Crippen molar-refractivity contribution in [1.29, 1.82) is 0 Å². The van der Waals surface area contributed by atoms with Gasteiger partial charge in [0.2, 0.25) is 10.0 Å². The molecule has 23 heavy (non-hydrogen) atoms. The third kappa shape index (κ3) is 4.09. The standard InChI is InChI=1S/C13H13F3N2O4S/c14-13(15,16)12-11(4-1-6-17-12)23(20,21)18-9(5-7-19)10-3-2-8-22-10/h1-4,6,8-9,18-19H,5,7H2. The lowest BCUT2D eigenvalue weighted by atomic mass is 10.2. The zero-order valence-corrected chi connectivity index (χ0v) is 12.4. The largest absolute Gasteiger partial charge is 0.468 e. The molecule has 0 fully saturated rings. The van der Waals surface area contributed by atoms with Crippen LogP contribution in [0.5, 0.6) is 0 Å². The molecule has 2 aromatic rings. The third-order valence-electron chi connectivity index (χ3n) is 2.93. The summed E-state index contributed by atoms with van der Waals surface area (Å²) in [5, 5.41) is 9.02. The van der Waals surface area contributed by atoms with Gasteiger partial charge in [-0.1, -0.05) is 0 Å². The maximum absolute atomic E-state index is 12.9. The van der Waals surface area contributed by atoms with Gasteiger partial charge in [0.15, 0.2) is 5.69 Å². The molecule has 2 rings (SSSR count). The Balaban J connectivity index is 2.39. The first-order chi connectivity index (χ1) is 10.8. The van der Waals surface area contributed by atoms with Gasteiger partial charge in [-0.25, -0.2) is 13.1 Å². The van der Waals surface area contributed by atoms with E-state index >= 15 is 0 Å². The normalized spacial score (nSPS) is 13.9. The molecule has 10 heteroatoms. The molecule has 0 spiro atoms. The van der Waals surface area contributed by atoms with Crippen LogP contribution >= 0.6 is 0 Å². The van der Waals surface area contributed by atoms with Crippen molar-refractivity contribution in [2.45, 2.75) is 23.5 Å². The monoisotopic (exact) mass is 350 g/mol. The van der Waals surface area contributed by atoms with Crippen molar-refractivity contribution in [3.8, 4) is 0 Å². The van der Waals surface area contributed by atoms with Gasteiger partial charge in [0, 0.05) is 12.8 Å². The third-order valence-corrected chi connectivity index (χ3v) is 4.43. The molecule has 0 amide bonds. The highest BCUT2D eigenvalue weighted by Gasteiger charge is 2.39. The summed E-state index contributed by atoms with van der Waals surface area (Å²) in [5.74, 6) is 0.181. The van der Waals surface area contributed by atoms with E-state index < -0.39 is 32.8 Å². The summed E-state index contributed by atoms with van der Waals surface area (Å²) in [6, 6.07) is 3.87. The number of sulfonamides is 1. The van der Waals surface area contributed by atoms with E-state index in [1.165, 1.54) is 18.4 Å². The molecule has 1 atom stereocenters. The van der Waals surface area contributed by atoms with Crippen LogP contribution in [0.3, 0.4) is 0 Å². The molecule has 0 saturated carbocycles. The second kappa shape index (κ2) is 6.69. The highest BCUT2D eigenvalue weighted by molar-refractivity contribution is 7.89. The fourth-order valence-corrected chi connectivity index (χ4v) is 3.37. The van der Waals surface area contributed by atoms with E-state index in [0.29, 0.717) is 0 Å². The first-order valence-corrected chi connectivity index (χ1v) is 7.93. The minimum atomic E-state index is -4.91. The number of aliphatic hydroxyl groups excluding tert-OH is 1. The fraction of sp³-hybridized carbons (Fsp3) is 0.308. The lowest BCUT2D eigenvalue weighted by Crippen LogP contribution is -2.31. The van der Waals surface area contributed by atoms with E-state index in [0.717, 1.165) is 18.3 Å². The van der Waals surface area contributed by atoms with Gasteiger partial charge < -0.3 is 9.52 Å². The molecule has 0 radical (unpaired) electrons. The number of alkyl halides is 3. The van der Waals surface area contributed by atoms with Crippen LogP contribution in [-0.4, -0.2) is 25.1 Å². The molecule has 2 heterocycles. The van der Waals surface area contributed by atoms with Crippen molar-refractivity contribution in [3.05, 3.63) is 48.2 Å². The zero-order valence-electron chi connectivity index (χ0n) is 11.6. The molecule has 0 aliphatic heterocycles. The molecule has 2 N–H and O–H groups in total. The van der Waals surface area contributed by atoms with Gasteiger partial charge in [-0.05, 0) is 30.7 Å². The number of halogens is 3. The molecule has 0 aliphatic carbocycles. The van der Waals surface area contributed by atoms with E-state index in [9.17, 15) is 21.6 Å². The van der Waals surface area contributed by atoms with Gasteiger partial charge in [0.25, 0.3) is 0 Å². The fourth-order valence-electron chi connectivity index (χ4n) is 1.95. The molecule has 0 aromatic carbocycles. The minimum absolute atomic E-state index is 0.0612. The quantitative estimate of drug-likeness (QED) is 0.832. The summed E-state index contributed by atoms with van der Waals surface area (Å²) in [7, 11) is -4.53. The predicted octanol–water partition coefficient (Wildman–Crippen LogP) is 2.10. The van der Waals surface area contributed by atoms with Crippen LogP contribution in [-0.2, 0) is 16.2 Å². The molecule has 1 unspecified atom stereocenters. The van der Waals surface area contributed by atoms with Crippen LogP contribution < -0.4 is 4.72 Å². The lowest BCUT2D eigenvalue weighted by molar-refractivity contribution is -0.143. The second-order valence-electron chi connectivity index (χ2n) is 4.55. The van der Waals surface area contributed by atoms with Crippen molar-refractivity contribution >= 4 is 10.0 Å². The van der Waals surface area contributed by atoms with Crippen molar-refractivity contribution < 1.29 is 31.1 Å². The number of aliphatic hydroxyl groups is 1. The number of furan rings is 1. The Morgan fingerprint density at radius 3 is 2.61 bits per heavy atom. The first-order valence-electron chi connectivity index (χ1n) is 6.44. The molecule has 126 valence electrons. The SMILES string of the molecule is O=S(=O)(NC(CCO)c1ccco1)c1cccnc1C(F)(F)F. The summed E-state index contributed by atoms with van der Waals surface area (Å²) >= 11 is 0. The Morgan fingerprint density at radius 1 is 1.30 bits per heavy atom. The predicted molar refractivity (Wildman–Crippen MR) is 72.7 cm³/mol. The molecule has 0 saturated heterocycles. The maximum Gasteiger partial charge on any atom is 0.434 e. The Morgan fingerprint density at radius 2 is 2.04 bits per heavy atom.